The van der Waals surface area contributed by atoms with Crippen LogP contribution in [0.3, 0.4) is 0 Å². The Morgan fingerprint density at radius 3 is 2.21 bits per heavy atom. The van der Waals surface area contributed by atoms with Crippen molar-refractivity contribution in [3.63, 3.8) is 0 Å². The zero-order valence-electron chi connectivity index (χ0n) is 12.6. The van der Waals surface area contributed by atoms with Crippen molar-refractivity contribution < 1.29 is 9.53 Å². The highest BCUT2D eigenvalue weighted by Crippen LogP contribution is 2.51. The molecule has 0 aliphatic heterocycles. The van der Waals surface area contributed by atoms with Crippen LogP contribution in [-0.4, -0.2) is 24.7 Å². The van der Waals surface area contributed by atoms with Gasteiger partial charge in [-0.15, -0.1) is 0 Å². The van der Waals surface area contributed by atoms with Gasteiger partial charge in [-0.1, -0.05) is 19.8 Å². The molecule has 2 aliphatic rings. The second kappa shape index (κ2) is 6.25. The molecule has 2 saturated carbocycles. The molecule has 1 spiro atoms. The van der Waals surface area contributed by atoms with Crippen LogP contribution in [0.2, 0.25) is 0 Å². The second-order valence-electron chi connectivity index (χ2n) is 6.50. The third-order valence-corrected chi connectivity index (χ3v) is 5.27. The van der Waals surface area contributed by atoms with Gasteiger partial charge >= 0.3 is 5.97 Å². The van der Waals surface area contributed by atoms with E-state index in [0.717, 1.165) is 19.4 Å². The summed E-state index contributed by atoms with van der Waals surface area (Å²) in [6.07, 6.45) is 11.0. The summed E-state index contributed by atoms with van der Waals surface area (Å²) in [5.74, 6) is -0.0363. The summed E-state index contributed by atoms with van der Waals surface area (Å²) in [7, 11) is 0. The van der Waals surface area contributed by atoms with Crippen molar-refractivity contribution in [3.05, 3.63) is 0 Å². The van der Waals surface area contributed by atoms with Crippen molar-refractivity contribution in [1.29, 1.82) is 0 Å². The maximum Gasteiger partial charge on any atom is 0.307 e. The molecule has 0 aromatic carbocycles. The SMILES string of the molecule is CCNC1(CC(=O)OCC)CCC2(CCCC2)CC1. The van der Waals surface area contributed by atoms with Crippen LogP contribution >= 0.6 is 0 Å². The van der Waals surface area contributed by atoms with Gasteiger partial charge in [0.15, 0.2) is 0 Å². The molecule has 2 aliphatic carbocycles. The molecular formula is C16H29NO2. The molecule has 0 unspecified atom stereocenters. The Hall–Kier alpha value is -0.570. The van der Waals surface area contributed by atoms with Crippen molar-refractivity contribution in [3.8, 4) is 0 Å². The van der Waals surface area contributed by atoms with E-state index in [-0.39, 0.29) is 11.5 Å². The van der Waals surface area contributed by atoms with Crippen LogP contribution in [-0.2, 0) is 9.53 Å². The quantitative estimate of drug-likeness (QED) is 0.776. The third kappa shape index (κ3) is 3.50. The zero-order chi connectivity index (χ0) is 13.8. The average Bonchev–Trinajstić information content (AvgIpc) is 2.83. The van der Waals surface area contributed by atoms with E-state index in [2.05, 4.69) is 12.2 Å². The molecule has 19 heavy (non-hydrogen) atoms. The van der Waals surface area contributed by atoms with Gasteiger partial charge < -0.3 is 10.1 Å². The van der Waals surface area contributed by atoms with E-state index in [4.69, 9.17) is 4.74 Å². The summed E-state index contributed by atoms with van der Waals surface area (Å²) in [6.45, 7) is 5.44. The number of nitrogens with one attached hydrogen (secondary N) is 1. The number of hydrogen-bond acceptors (Lipinski definition) is 3. The third-order valence-electron chi connectivity index (χ3n) is 5.27. The average molecular weight is 267 g/mol. The smallest absolute Gasteiger partial charge is 0.307 e. The number of carbonyl (C=O) groups is 1. The van der Waals surface area contributed by atoms with E-state index < -0.39 is 0 Å². The lowest BCUT2D eigenvalue weighted by Crippen LogP contribution is -2.51. The molecule has 0 saturated heterocycles. The van der Waals surface area contributed by atoms with Crippen molar-refractivity contribution in [2.75, 3.05) is 13.2 Å². The minimum Gasteiger partial charge on any atom is -0.466 e. The molecule has 2 rings (SSSR count). The van der Waals surface area contributed by atoms with Gasteiger partial charge in [0.2, 0.25) is 0 Å². The lowest BCUT2D eigenvalue weighted by Gasteiger charge is -2.45. The van der Waals surface area contributed by atoms with Crippen LogP contribution in [0, 0.1) is 5.41 Å². The predicted molar refractivity (Wildman–Crippen MR) is 77.0 cm³/mol. The highest BCUT2D eigenvalue weighted by molar-refractivity contribution is 5.71. The lowest BCUT2D eigenvalue weighted by molar-refractivity contribution is -0.145. The van der Waals surface area contributed by atoms with Crippen molar-refractivity contribution >= 4 is 5.97 Å². The molecule has 110 valence electrons. The van der Waals surface area contributed by atoms with E-state index in [1.807, 2.05) is 6.92 Å². The van der Waals surface area contributed by atoms with Crippen LogP contribution in [0.15, 0.2) is 0 Å². The topological polar surface area (TPSA) is 38.3 Å². The molecule has 0 aromatic heterocycles. The second-order valence-corrected chi connectivity index (χ2v) is 6.50. The van der Waals surface area contributed by atoms with E-state index in [1.54, 1.807) is 0 Å². The minimum atomic E-state index is -0.0363. The first-order valence-electron chi connectivity index (χ1n) is 8.04. The highest BCUT2D eigenvalue weighted by Gasteiger charge is 2.44. The Labute approximate surface area is 117 Å². The fraction of sp³-hybridized carbons (Fsp3) is 0.938. The van der Waals surface area contributed by atoms with Crippen molar-refractivity contribution in [2.24, 2.45) is 5.41 Å². The zero-order valence-corrected chi connectivity index (χ0v) is 12.6. The van der Waals surface area contributed by atoms with E-state index >= 15 is 0 Å². The Kier molecular flexibility index (Phi) is 4.88. The molecular weight excluding hydrogens is 238 g/mol. The van der Waals surface area contributed by atoms with Gasteiger partial charge in [-0.3, -0.25) is 4.79 Å². The van der Waals surface area contributed by atoms with Gasteiger partial charge in [0, 0.05) is 5.54 Å². The van der Waals surface area contributed by atoms with Gasteiger partial charge in [0.25, 0.3) is 0 Å². The summed E-state index contributed by atoms with van der Waals surface area (Å²) in [6, 6.07) is 0. The van der Waals surface area contributed by atoms with Crippen LogP contribution < -0.4 is 5.32 Å². The Morgan fingerprint density at radius 1 is 1.05 bits per heavy atom. The number of rotatable bonds is 5. The molecule has 0 heterocycles. The first-order chi connectivity index (χ1) is 9.14. The molecule has 3 heteroatoms. The molecule has 0 atom stereocenters. The van der Waals surface area contributed by atoms with Gasteiger partial charge in [0.05, 0.1) is 13.0 Å². The summed E-state index contributed by atoms with van der Waals surface area (Å²) in [4.78, 5) is 11.8. The maximum atomic E-state index is 11.8. The standard InChI is InChI=1S/C16H29NO2/c1-3-17-16(13-14(18)19-4-2)11-9-15(10-12-16)7-5-6-8-15/h17H,3-13H2,1-2H3. The van der Waals surface area contributed by atoms with Crippen molar-refractivity contribution in [2.45, 2.75) is 77.2 Å². The Bertz CT molecular complexity index is 298. The fourth-order valence-corrected chi connectivity index (χ4v) is 4.16. The Morgan fingerprint density at radius 2 is 1.68 bits per heavy atom. The van der Waals surface area contributed by atoms with E-state index in [0.29, 0.717) is 18.4 Å². The molecule has 2 fully saturated rings. The number of ether oxygens (including phenoxy) is 1. The van der Waals surface area contributed by atoms with Gasteiger partial charge in [-0.2, -0.15) is 0 Å². The summed E-state index contributed by atoms with van der Waals surface area (Å²) in [5, 5.41) is 3.59. The molecule has 3 nitrogen and oxygen atoms in total. The largest absolute Gasteiger partial charge is 0.466 e. The molecule has 1 N–H and O–H groups in total. The Balaban J connectivity index is 1.95. The normalized spacial score (nSPS) is 24.5. The first-order valence-corrected chi connectivity index (χ1v) is 8.04. The van der Waals surface area contributed by atoms with Crippen LogP contribution in [0.25, 0.3) is 0 Å². The van der Waals surface area contributed by atoms with Crippen LogP contribution in [0.1, 0.15) is 71.6 Å². The summed E-state index contributed by atoms with van der Waals surface area (Å²) < 4.78 is 5.15. The van der Waals surface area contributed by atoms with Gasteiger partial charge in [-0.25, -0.2) is 0 Å². The minimum absolute atomic E-state index is 0.00877. The highest BCUT2D eigenvalue weighted by atomic mass is 16.5. The first kappa shape index (κ1) is 14.8. The van der Waals surface area contributed by atoms with Gasteiger partial charge in [-0.05, 0) is 57.4 Å². The molecule has 0 aromatic rings. The van der Waals surface area contributed by atoms with Crippen LogP contribution in [0.4, 0.5) is 0 Å². The summed E-state index contributed by atoms with van der Waals surface area (Å²) in [5.41, 5.74) is 0.627. The molecule has 0 radical (unpaired) electrons. The maximum absolute atomic E-state index is 11.8. The van der Waals surface area contributed by atoms with E-state index in [1.165, 1.54) is 38.5 Å². The lowest BCUT2D eigenvalue weighted by atomic mass is 9.65. The van der Waals surface area contributed by atoms with Crippen LogP contribution in [0.5, 0.6) is 0 Å². The monoisotopic (exact) mass is 267 g/mol. The summed E-state index contributed by atoms with van der Waals surface area (Å²) >= 11 is 0. The number of carbonyl (C=O) groups excluding carboxylic acids is 1. The van der Waals surface area contributed by atoms with Gasteiger partial charge in [0.1, 0.15) is 0 Å². The van der Waals surface area contributed by atoms with E-state index in [9.17, 15) is 4.79 Å². The van der Waals surface area contributed by atoms with Crippen molar-refractivity contribution in [1.82, 2.24) is 5.32 Å². The molecule has 0 amide bonds. The fourth-order valence-electron chi connectivity index (χ4n) is 4.16. The number of esters is 1. The predicted octanol–water partition coefficient (Wildman–Crippen LogP) is 3.42. The molecule has 0 bridgehead atoms. The number of hydrogen-bond donors (Lipinski definition) is 1.